The van der Waals surface area contributed by atoms with Gasteiger partial charge in [0.2, 0.25) is 0 Å². The van der Waals surface area contributed by atoms with Crippen LogP contribution in [-0.2, 0) is 0 Å². The Bertz CT molecular complexity index is 372. The SMILES string of the molecule is N#CCC1(CN2CCCCC2C2CCCCC2O)CC1. The fourth-order valence-electron chi connectivity index (χ4n) is 4.45. The summed E-state index contributed by atoms with van der Waals surface area (Å²) in [6, 6.07) is 2.97. The molecule has 0 aromatic heterocycles. The Labute approximate surface area is 123 Å². The minimum absolute atomic E-state index is 0.0829. The van der Waals surface area contributed by atoms with Gasteiger partial charge < -0.3 is 5.11 Å². The molecule has 1 saturated heterocycles. The number of aliphatic hydroxyl groups is 1. The summed E-state index contributed by atoms with van der Waals surface area (Å²) in [7, 11) is 0. The zero-order valence-electron chi connectivity index (χ0n) is 12.6. The largest absolute Gasteiger partial charge is 0.393 e. The molecule has 0 amide bonds. The van der Waals surface area contributed by atoms with Gasteiger partial charge in [0.05, 0.1) is 12.2 Å². The van der Waals surface area contributed by atoms with Crippen molar-refractivity contribution < 1.29 is 5.11 Å². The van der Waals surface area contributed by atoms with Crippen LogP contribution in [0, 0.1) is 22.7 Å². The molecule has 0 spiro atoms. The third-order valence-corrected chi connectivity index (χ3v) is 5.89. The summed E-state index contributed by atoms with van der Waals surface area (Å²) in [6.07, 6.45) is 11.7. The Kier molecular flexibility index (Phi) is 4.33. The van der Waals surface area contributed by atoms with E-state index >= 15 is 0 Å². The maximum atomic E-state index is 10.4. The highest BCUT2D eigenvalue weighted by Crippen LogP contribution is 2.50. The summed E-state index contributed by atoms with van der Waals surface area (Å²) < 4.78 is 0. The molecular formula is C17H28N2O. The Balaban J connectivity index is 1.66. The third-order valence-electron chi connectivity index (χ3n) is 5.89. The summed E-state index contributed by atoms with van der Waals surface area (Å²) in [5, 5.41) is 19.4. The second kappa shape index (κ2) is 6.03. The molecule has 0 radical (unpaired) electrons. The van der Waals surface area contributed by atoms with E-state index in [1.165, 1.54) is 57.9 Å². The van der Waals surface area contributed by atoms with Crippen molar-refractivity contribution in [2.75, 3.05) is 13.1 Å². The predicted molar refractivity (Wildman–Crippen MR) is 79.1 cm³/mol. The molecule has 0 aromatic carbocycles. The van der Waals surface area contributed by atoms with Crippen LogP contribution >= 0.6 is 0 Å². The lowest BCUT2D eigenvalue weighted by atomic mass is 9.77. The summed E-state index contributed by atoms with van der Waals surface area (Å²) in [4.78, 5) is 2.65. The van der Waals surface area contributed by atoms with Gasteiger partial charge in [0.25, 0.3) is 0 Å². The molecule has 112 valence electrons. The summed E-state index contributed by atoms with van der Waals surface area (Å²) >= 11 is 0. The van der Waals surface area contributed by atoms with Crippen molar-refractivity contribution in [3.8, 4) is 6.07 Å². The lowest BCUT2D eigenvalue weighted by molar-refractivity contribution is -0.0122. The zero-order valence-corrected chi connectivity index (χ0v) is 12.6. The Hall–Kier alpha value is -0.590. The molecule has 3 fully saturated rings. The molecule has 0 bridgehead atoms. The maximum absolute atomic E-state index is 10.4. The highest BCUT2D eigenvalue weighted by molar-refractivity contribution is 5.03. The van der Waals surface area contributed by atoms with E-state index in [-0.39, 0.29) is 6.10 Å². The molecule has 3 unspecified atom stereocenters. The summed E-state index contributed by atoms with van der Waals surface area (Å²) in [5.41, 5.74) is 0.309. The molecule has 2 saturated carbocycles. The lowest BCUT2D eigenvalue weighted by Gasteiger charge is -2.45. The number of hydrogen-bond acceptors (Lipinski definition) is 3. The third kappa shape index (κ3) is 3.02. The Morgan fingerprint density at radius 2 is 1.85 bits per heavy atom. The quantitative estimate of drug-likeness (QED) is 0.858. The van der Waals surface area contributed by atoms with Crippen LogP contribution in [0.5, 0.6) is 0 Å². The summed E-state index contributed by atoms with van der Waals surface area (Å²) in [6.45, 7) is 2.29. The molecule has 1 heterocycles. The maximum Gasteiger partial charge on any atom is 0.0628 e. The van der Waals surface area contributed by atoms with Crippen molar-refractivity contribution in [3.63, 3.8) is 0 Å². The van der Waals surface area contributed by atoms with E-state index in [2.05, 4.69) is 11.0 Å². The Morgan fingerprint density at radius 1 is 1.10 bits per heavy atom. The fraction of sp³-hybridized carbons (Fsp3) is 0.941. The van der Waals surface area contributed by atoms with Crippen LogP contribution < -0.4 is 0 Å². The summed E-state index contributed by atoms with van der Waals surface area (Å²) in [5.74, 6) is 0.488. The number of nitriles is 1. The van der Waals surface area contributed by atoms with Crippen molar-refractivity contribution in [3.05, 3.63) is 0 Å². The van der Waals surface area contributed by atoms with E-state index < -0.39 is 0 Å². The molecular weight excluding hydrogens is 248 g/mol. The van der Waals surface area contributed by atoms with E-state index in [0.717, 1.165) is 19.4 Å². The Morgan fingerprint density at radius 3 is 2.55 bits per heavy atom. The molecule has 3 nitrogen and oxygen atoms in total. The second-order valence-electron chi connectivity index (χ2n) is 7.38. The van der Waals surface area contributed by atoms with Crippen LogP contribution in [0.4, 0.5) is 0 Å². The first-order valence-corrected chi connectivity index (χ1v) is 8.53. The number of likely N-dealkylation sites (tertiary alicyclic amines) is 1. The minimum atomic E-state index is -0.0829. The second-order valence-corrected chi connectivity index (χ2v) is 7.38. The molecule has 20 heavy (non-hydrogen) atoms. The van der Waals surface area contributed by atoms with Crippen molar-refractivity contribution in [2.24, 2.45) is 11.3 Å². The molecule has 2 aliphatic carbocycles. The van der Waals surface area contributed by atoms with Gasteiger partial charge in [-0.3, -0.25) is 4.90 Å². The number of nitrogens with zero attached hydrogens (tertiary/aromatic N) is 2. The number of piperidine rings is 1. The van der Waals surface area contributed by atoms with Crippen LogP contribution in [0.3, 0.4) is 0 Å². The normalized spacial score (nSPS) is 37.3. The van der Waals surface area contributed by atoms with Gasteiger partial charge in [-0.1, -0.05) is 19.3 Å². The topological polar surface area (TPSA) is 47.3 Å². The lowest BCUT2D eigenvalue weighted by Crippen LogP contribution is -2.50. The number of rotatable bonds is 4. The van der Waals surface area contributed by atoms with E-state index in [4.69, 9.17) is 5.26 Å². The van der Waals surface area contributed by atoms with Gasteiger partial charge in [-0.15, -0.1) is 0 Å². The van der Waals surface area contributed by atoms with Gasteiger partial charge in [0.15, 0.2) is 0 Å². The highest BCUT2D eigenvalue weighted by Gasteiger charge is 2.46. The average molecular weight is 276 g/mol. The predicted octanol–water partition coefficient (Wildman–Crippen LogP) is 3.09. The van der Waals surface area contributed by atoms with Gasteiger partial charge in [-0.05, 0) is 50.5 Å². The first-order chi connectivity index (χ1) is 9.74. The van der Waals surface area contributed by atoms with Gasteiger partial charge in [-0.2, -0.15) is 5.26 Å². The van der Waals surface area contributed by atoms with Crippen LogP contribution in [-0.4, -0.2) is 35.2 Å². The van der Waals surface area contributed by atoms with Crippen molar-refractivity contribution in [2.45, 2.75) is 76.4 Å². The van der Waals surface area contributed by atoms with E-state index in [9.17, 15) is 5.11 Å². The zero-order chi connectivity index (χ0) is 14.0. The first kappa shape index (κ1) is 14.4. The number of aliphatic hydroxyl groups excluding tert-OH is 1. The van der Waals surface area contributed by atoms with Crippen molar-refractivity contribution >= 4 is 0 Å². The van der Waals surface area contributed by atoms with Crippen LogP contribution in [0.15, 0.2) is 0 Å². The molecule has 1 aliphatic heterocycles. The molecule has 0 aromatic rings. The molecule has 1 N–H and O–H groups in total. The van der Waals surface area contributed by atoms with Crippen LogP contribution in [0.1, 0.15) is 64.2 Å². The van der Waals surface area contributed by atoms with E-state index in [1.807, 2.05) is 0 Å². The molecule has 3 aliphatic rings. The fourth-order valence-corrected chi connectivity index (χ4v) is 4.45. The van der Waals surface area contributed by atoms with Crippen LogP contribution in [0.25, 0.3) is 0 Å². The minimum Gasteiger partial charge on any atom is -0.393 e. The van der Waals surface area contributed by atoms with Crippen molar-refractivity contribution in [1.82, 2.24) is 4.90 Å². The first-order valence-electron chi connectivity index (χ1n) is 8.53. The van der Waals surface area contributed by atoms with Gasteiger partial charge >= 0.3 is 0 Å². The van der Waals surface area contributed by atoms with Crippen molar-refractivity contribution in [1.29, 1.82) is 5.26 Å². The standard InChI is InChI=1S/C17H28N2O/c18-11-10-17(8-9-17)13-19-12-4-3-6-15(19)14-5-1-2-7-16(14)20/h14-16,20H,1-10,12-13H2. The average Bonchev–Trinajstić information content (AvgIpc) is 3.20. The molecule has 3 heteroatoms. The van der Waals surface area contributed by atoms with Crippen LogP contribution in [0.2, 0.25) is 0 Å². The van der Waals surface area contributed by atoms with E-state index in [1.54, 1.807) is 0 Å². The van der Waals surface area contributed by atoms with Gasteiger partial charge in [0.1, 0.15) is 0 Å². The molecule has 3 atom stereocenters. The van der Waals surface area contributed by atoms with Gasteiger partial charge in [0, 0.05) is 24.9 Å². The monoisotopic (exact) mass is 276 g/mol. The number of hydrogen-bond donors (Lipinski definition) is 1. The smallest absolute Gasteiger partial charge is 0.0628 e. The highest BCUT2D eigenvalue weighted by atomic mass is 16.3. The van der Waals surface area contributed by atoms with Gasteiger partial charge in [-0.25, -0.2) is 0 Å². The molecule has 3 rings (SSSR count). The van der Waals surface area contributed by atoms with E-state index in [0.29, 0.717) is 17.4 Å².